The number of rotatable bonds is 3. The summed E-state index contributed by atoms with van der Waals surface area (Å²) < 4.78 is 6.02. The average molecular weight is 290 g/mol. The van der Waals surface area contributed by atoms with E-state index >= 15 is 0 Å². The van der Waals surface area contributed by atoms with E-state index < -0.39 is 0 Å². The second kappa shape index (κ2) is 6.29. The quantitative estimate of drug-likeness (QED) is 0.937. The van der Waals surface area contributed by atoms with Crippen LogP contribution in [0, 0.1) is 0 Å². The summed E-state index contributed by atoms with van der Waals surface area (Å²) in [6.45, 7) is 2.76. The van der Waals surface area contributed by atoms with Gasteiger partial charge in [0.1, 0.15) is 11.9 Å². The summed E-state index contributed by atoms with van der Waals surface area (Å²) in [6, 6.07) is 14.9. The molecule has 106 valence electrons. The van der Waals surface area contributed by atoms with E-state index in [4.69, 9.17) is 10.5 Å². The third-order valence-electron chi connectivity index (χ3n) is 3.71. The van der Waals surface area contributed by atoms with Crippen molar-refractivity contribution >= 4 is 12.4 Å². The molecule has 1 unspecified atom stereocenters. The van der Waals surface area contributed by atoms with Crippen LogP contribution in [-0.4, -0.2) is 12.6 Å². The summed E-state index contributed by atoms with van der Waals surface area (Å²) in [6.07, 6.45) is 2.10. The normalized spacial score (nSPS) is 16.2. The van der Waals surface area contributed by atoms with Crippen LogP contribution in [0.3, 0.4) is 0 Å². The number of halogens is 1. The molecule has 3 rings (SSSR count). The van der Waals surface area contributed by atoms with Gasteiger partial charge in [0.25, 0.3) is 0 Å². The summed E-state index contributed by atoms with van der Waals surface area (Å²) in [7, 11) is 0. The van der Waals surface area contributed by atoms with Gasteiger partial charge in [0.05, 0.1) is 0 Å². The molecule has 0 radical (unpaired) electrons. The van der Waals surface area contributed by atoms with Crippen molar-refractivity contribution in [3.63, 3.8) is 0 Å². The molecule has 2 N–H and O–H groups in total. The Morgan fingerprint density at radius 1 is 1.20 bits per heavy atom. The first-order valence-electron chi connectivity index (χ1n) is 6.89. The number of hydrogen-bond donors (Lipinski definition) is 1. The molecule has 0 fully saturated rings. The maximum Gasteiger partial charge on any atom is 0.130 e. The van der Waals surface area contributed by atoms with Crippen LogP contribution in [0.25, 0.3) is 11.1 Å². The Balaban J connectivity index is 0.00000147. The number of fused-ring (bicyclic) bond motifs is 1. The highest BCUT2D eigenvalue weighted by Crippen LogP contribution is 2.39. The smallest absolute Gasteiger partial charge is 0.130 e. The monoisotopic (exact) mass is 289 g/mol. The first-order chi connectivity index (χ1) is 9.31. The van der Waals surface area contributed by atoms with Gasteiger partial charge < -0.3 is 10.5 Å². The van der Waals surface area contributed by atoms with Gasteiger partial charge in [-0.1, -0.05) is 43.3 Å². The number of aryl methyl sites for hydroxylation is 1. The Kier molecular flexibility index (Phi) is 4.69. The highest BCUT2D eigenvalue weighted by Gasteiger charge is 2.25. The topological polar surface area (TPSA) is 35.2 Å². The number of nitrogens with two attached hydrogens (primary N) is 1. The number of benzene rings is 2. The van der Waals surface area contributed by atoms with Gasteiger partial charge in [-0.25, -0.2) is 0 Å². The maximum atomic E-state index is 6.02. The lowest BCUT2D eigenvalue weighted by atomic mass is 9.96. The SMILES string of the molecule is CCc1cc2c(c(-c3ccccc3)c1)OC(CN)C2.Cl. The van der Waals surface area contributed by atoms with E-state index in [1.807, 2.05) is 6.07 Å². The summed E-state index contributed by atoms with van der Waals surface area (Å²) in [5.74, 6) is 1.03. The zero-order valence-corrected chi connectivity index (χ0v) is 12.5. The Labute approximate surface area is 126 Å². The minimum Gasteiger partial charge on any atom is -0.488 e. The minimum atomic E-state index is 0. The molecule has 1 atom stereocenters. The van der Waals surface area contributed by atoms with Gasteiger partial charge in [0, 0.05) is 18.5 Å². The molecule has 1 heterocycles. The first kappa shape index (κ1) is 14.9. The zero-order valence-electron chi connectivity index (χ0n) is 11.6. The molecule has 0 saturated heterocycles. The highest BCUT2D eigenvalue weighted by molar-refractivity contribution is 5.85. The van der Waals surface area contributed by atoms with Crippen molar-refractivity contribution in [2.75, 3.05) is 6.54 Å². The summed E-state index contributed by atoms with van der Waals surface area (Å²) >= 11 is 0. The Morgan fingerprint density at radius 3 is 2.60 bits per heavy atom. The fourth-order valence-electron chi connectivity index (χ4n) is 2.67. The molecule has 0 aliphatic carbocycles. The Morgan fingerprint density at radius 2 is 1.95 bits per heavy atom. The molecule has 2 nitrogen and oxygen atoms in total. The van der Waals surface area contributed by atoms with Gasteiger partial charge >= 0.3 is 0 Å². The zero-order chi connectivity index (χ0) is 13.2. The largest absolute Gasteiger partial charge is 0.488 e. The molecular formula is C17H20ClNO. The van der Waals surface area contributed by atoms with Gasteiger partial charge in [-0.15, -0.1) is 12.4 Å². The lowest BCUT2D eigenvalue weighted by molar-refractivity contribution is 0.242. The standard InChI is InChI=1S/C17H19NO.ClH/c1-2-12-8-14-10-15(11-18)19-17(14)16(9-12)13-6-4-3-5-7-13;/h3-9,15H,2,10-11,18H2,1H3;1H. The van der Waals surface area contributed by atoms with E-state index in [-0.39, 0.29) is 18.5 Å². The minimum absolute atomic E-state index is 0. The lowest BCUT2D eigenvalue weighted by Gasteiger charge is -2.12. The van der Waals surface area contributed by atoms with Crippen LogP contribution in [0.1, 0.15) is 18.1 Å². The molecule has 0 bridgehead atoms. The van der Waals surface area contributed by atoms with Crippen LogP contribution in [0.2, 0.25) is 0 Å². The molecule has 0 saturated carbocycles. The third kappa shape index (κ3) is 2.67. The molecule has 2 aromatic rings. The summed E-state index contributed by atoms with van der Waals surface area (Å²) in [5.41, 5.74) is 10.8. The van der Waals surface area contributed by atoms with Gasteiger partial charge in [-0.2, -0.15) is 0 Å². The molecule has 0 spiro atoms. The van der Waals surface area contributed by atoms with E-state index in [9.17, 15) is 0 Å². The number of hydrogen-bond acceptors (Lipinski definition) is 2. The van der Waals surface area contributed by atoms with E-state index in [0.717, 1.165) is 18.6 Å². The van der Waals surface area contributed by atoms with Crippen molar-refractivity contribution in [1.29, 1.82) is 0 Å². The van der Waals surface area contributed by atoms with Crippen molar-refractivity contribution in [3.8, 4) is 16.9 Å². The molecule has 20 heavy (non-hydrogen) atoms. The number of ether oxygens (including phenoxy) is 1. The van der Waals surface area contributed by atoms with Crippen LogP contribution < -0.4 is 10.5 Å². The second-order valence-corrected chi connectivity index (χ2v) is 5.03. The molecule has 1 aliphatic heterocycles. The summed E-state index contributed by atoms with van der Waals surface area (Å²) in [5, 5.41) is 0. The van der Waals surface area contributed by atoms with E-state index in [1.165, 1.54) is 22.3 Å². The first-order valence-corrected chi connectivity index (χ1v) is 6.89. The summed E-state index contributed by atoms with van der Waals surface area (Å²) in [4.78, 5) is 0. The van der Waals surface area contributed by atoms with Gasteiger partial charge in [-0.3, -0.25) is 0 Å². The highest BCUT2D eigenvalue weighted by atomic mass is 35.5. The fourth-order valence-corrected chi connectivity index (χ4v) is 2.67. The second-order valence-electron chi connectivity index (χ2n) is 5.03. The van der Waals surface area contributed by atoms with Crippen molar-refractivity contribution in [2.24, 2.45) is 5.73 Å². The molecular weight excluding hydrogens is 270 g/mol. The molecule has 2 aromatic carbocycles. The van der Waals surface area contributed by atoms with E-state index in [0.29, 0.717) is 6.54 Å². The van der Waals surface area contributed by atoms with Gasteiger partial charge in [0.15, 0.2) is 0 Å². The van der Waals surface area contributed by atoms with Crippen molar-refractivity contribution < 1.29 is 4.74 Å². The third-order valence-corrected chi connectivity index (χ3v) is 3.71. The van der Waals surface area contributed by atoms with E-state index in [2.05, 4.69) is 43.3 Å². The van der Waals surface area contributed by atoms with Crippen LogP contribution in [0.15, 0.2) is 42.5 Å². The van der Waals surface area contributed by atoms with Crippen molar-refractivity contribution in [1.82, 2.24) is 0 Å². The van der Waals surface area contributed by atoms with Crippen LogP contribution in [0.4, 0.5) is 0 Å². The molecule has 0 amide bonds. The van der Waals surface area contributed by atoms with Gasteiger partial charge in [-0.05, 0) is 29.2 Å². The predicted molar refractivity (Wildman–Crippen MR) is 85.7 cm³/mol. The predicted octanol–water partition coefficient (Wildman–Crippen LogP) is 3.60. The van der Waals surface area contributed by atoms with Crippen molar-refractivity contribution in [3.05, 3.63) is 53.6 Å². The fraction of sp³-hybridized carbons (Fsp3) is 0.294. The Hall–Kier alpha value is -1.51. The van der Waals surface area contributed by atoms with Crippen molar-refractivity contribution in [2.45, 2.75) is 25.9 Å². The van der Waals surface area contributed by atoms with Crippen LogP contribution in [0.5, 0.6) is 5.75 Å². The lowest BCUT2D eigenvalue weighted by Crippen LogP contribution is -2.24. The Bertz CT molecular complexity index is 583. The van der Waals surface area contributed by atoms with Crippen LogP contribution >= 0.6 is 12.4 Å². The molecule has 1 aliphatic rings. The van der Waals surface area contributed by atoms with Crippen LogP contribution in [-0.2, 0) is 12.8 Å². The molecule has 3 heteroatoms. The molecule has 0 aromatic heterocycles. The van der Waals surface area contributed by atoms with Gasteiger partial charge in [0.2, 0.25) is 0 Å². The average Bonchev–Trinajstić information content (AvgIpc) is 2.90. The van der Waals surface area contributed by atoms with E-state index in [1.54, 1.807) is 0 Å². The maximum absolute atomic E-state index is 6.02.